The Morgan fingerprint density at radius 2 is 1.96 bits per heavy atom. The highest BCUT2D eigenvalue weighted by atomic mass is 16.5. The van der Waals surface area contributed by atoms with E-state index in [9.17, 15) is 9.59 Å². The Balaban J connectivity index is 2.01. The third kappa shape index (κ3) is 2.70. The lowest BCUT2D eigenvalue weighted by atomic mass is 9.98. The highest BCUT2D eigenvalue weighted by Crippen LogP contribution is 2.39. The summed E-state index contributed by atoms with van der Waals surface area (Å²) in [4.78, 5) is 28.1. The zero-order valence-corrected chi connectivity index (χ0v) is 15.6. The van der Waals surface area contributed by atoms with E-state index in [1.807, 2.05) is 50.2 Å². The molecule has 1 aliphatic rings. The van der Waals surface area contributed by atoms with Crippen molar-refractivity contribution in [3.63, 3.8) is 0 Å². The van der Waals surface area contributed by atoms with Gasteiger partial charge in [-0.2, -0.15) is 0 Å². The summed E-state index contributed by atoms with van der Waals surface area (Å²) < 4.78 is 11.3. The number of hydrogen-bond acceptors (Lipinski definition) is 4. The minimum atomic E-state index is -0.469. The van der Waals surface area contributed by atoms with Gasteiger partial charge in [0.2, 0.25) is 5.76 Å². The molecule has 1 aromatic heterocycles. The van der Waals surface area contributed by atoms with Gasteiger partial charge in [0.25, 0.3) is 5.91 Å². The summed E-state index contributed by atoms with van der Waals surface area (Å²) in [5.41, 5.74) is 2.53. The molecule has 2 heterocycles. The van der Waals surface area contributed by atoms with Crippen molar-refractivity contribution in [3.8, 4) is 5.75 Å². The van der Waals surface area contributed by atoms with E-state index in [4.69, 9.17) is 9.15 Å². The van der Waals surface area contributed by atoms with Crippen molar-refractivity contribution in [2.75, 3.05) is 13.7 Å². The van der Waals surface area contributed by atoms with Gasteiger partial charge >= 0.3 is 0 Å². The van der Waals surface area contributed by atoms with Crippen molar-refractivity contribution >= 4 is 16.9 Å². The SMILES string of the molecule is CCCN1C(=O)c2oc3ccc(C)cc3c(=O)c2C1c1cccc(OC)c1. The number of hydrogen-bond donors (Lipinski definition) is 0. The molecule has 0 aliphatic carbocycles. The summed E-state index contributed by atoms with van der Waals surface area (Å²) in [5.74, 6) is 0.600. The molecule has 1 amide bonds. The van der Waals surface area contributed by atoms with Gasteiger partial charge in [-0.3, -0.25) is 9.59 Å². The highest BCUT2D eigenvalue weighted by molar-refractivity contribution is 5.99. The molecule has 4 rings (SSSR count). The Hall–Kier alpha value is -3.08. The molecule has 1 aliphatic heterocycles. The van der Waals surface area contributed by atoms with Crippen molar-refractivity contribution in [3.05, 3.63) is 75.1 Å². The molecule has 5 heteroatoms. The fourth-order valence-corrected chi connectivity index (χ4v) is 3.76. The van der Waals surface area contributed by atoms with Gasteiger partial charge in [-0.1, -0.05) is 30.7 Å². The van der Waals surface area contributed by atoms with Crippen molar-refractivity contribution in [2.24, 2.45) is 0 Å². The molecule has 1 unspecified atom stereocenters. The topological polar surface area (TPSA) is 59.8 Å². The van der Waals surface area contributed by atoms with Crippen molar-refractivity contribution < 1.29 is 13.9 Å². The van der Waals surface area contributed by atoms with Crippen LogP contribution < -0.4 is 10.2 Å². The van der Waals surface area contributed by atoms with Crippen LogP contribution in [0.5, 0.6) is 5.75 Å². The van der Waals surface area contributed by atoms with Crippen LogP contribution in [-0.4, -0.2) is 24.5 Å². The van der Waals surface area contributed by atoms with Gasteiger partial charge in [-0.15, -0.1) is 0 Å². The monoisotopic (exact) mass is 363 g/mol. The standard InChI is InChI=1S/C22H21NO4/c1-4-10-23-19(14-6-5-7-15(12-14)26-3)18-20(24)16-11-13(2)8-9-17(16)27-21(18)22(23)25/h5-9,11-12,19H,4,10H2,1-3H3. The Morgan fingerprint density at radius 1 is 1.15 bits per heavy atom. The summed E-state index contributed by atoms with van der Waals surface area (Å²) in [6.07, 6.45) is 0.785. The van der Waals surface area contributed by atoms with Crippen molar-refractivity contribution in [2.45, 2.75) is 26.3 Å². The van der Waals surface area contributed by atoms with Crippen LogP contribution in [0.15, 0.2) is 51.7 Å². The van der Waals surface area contributed by atoms with Crippen LogP contribution in [0.4, 0.5) is 0 Å². The molecule has 0 saturated carbocycles. The predicted octanol–water partition coefficient (Wildman–Crippen LogP) is 4.07. The van der Waals surface area contributed by atoms with Gasteiger partial charge in [0.1, 0.15) is 11.3 Å². The lowest BCUT2D eigenvalue weighted by Crippen LogP contribution is -2.30. The molecule has 0 N–H and O–H groups in total. The lowest BCUT2D eigenvalue weighted by molar-refractivity contribution is 0.0728. The zero-order valence-electron chi connectivity index (χ0n) is 15.6. The fourth-order valence-electron chi connectivity index (χ4n) is 3.76. The third-order valence-corrected chi connectivity index (χ3v) is 5.00. The molecular formula is C22H21NO4. The summed E-state index contributed by atoms with van der Waals surface area (Å²) in [6, 6.07) is 12.5. The summed E-state index contributed by atoms with van der Waals surface area (Å²) in [6.45, 7) is 4.48. The minimum Gasteiger partial charge on any atom is -0.497 e. The first-order valence-corrected chi connectivity index (χ1v) is 9.07. The van der Waals surface area contributed by atoms with E-state index in [-0.39, 0.29) is 17.1 Å². The van der Waals surface area contributed by atoms with Crippen LogP contribution >= 0.6 is 0 Å². The molecule has 138 valence electrons. The van der Waals surface area contributed by atoms with Crippen LogP contribution in [0.2, 0.25) is 0 Å². The van der Waals surface area contributed by atoms with Gasteiger partial charge in [0.05, 0.1) is 24.1 Å². The molecule has 0 spiro atoms. The maximum absolute atomic E-state index is 13.3. The molecule has 0 radical (unpaired) electrons. The summed E-state index contributed by atoms with van der Waals surface area (Å²) in [7, 11) is 1.60. The molecular weight excluding hydrogens is 342 g/mol. The van der Waals surface area contributed by atoms with E-state index in [1.165, 1.54) is 0 Å². The second-order valence-corrected chi connectivity index (χ2v) is 6.85. The average molecular weight is 363 g/mol. The first-order valence-electron chi connectivity index (χ1n) is 9.07. The van der Waals surface area contributed by atoms with Gasteiger partial charge in [-0.05, 0) is 43.2 Å². The number of benzene rings is 2. The van der Waals surface area contributed by atoms with Crippen LogP contribution in [0.1, 0.15) is 46.6 Å². The summed E-state index contributed by atoms with van der Waals surface area (Å²) >= 11 is 0. The maximum atomic E-state index is 13.3. The number of nitrogens with zero attached hydrogens (tertiary/aromatic N) is 1. The molecule has 27 heavy (non-hydrogen) atoms. The molecule has 0 fully saturated rings. The second kappa shape index (κ2) is 6.58. The largest absolute Gasteiger partial charge is 0.497 e. The lowest BCUT2D eigenvalue weighted by Gasteiger charge is -2.24. The van der Waals surface area contributed by atoms with Crippen molar-refractivity contribution in [1.29, 1.82) is 0 Å². The van der Waals surface area contributed by atoms with E-state index in [0.717, 1.165) is 17.5 Å². The minimum absolute atomic E-state index is 0.144. The van der Waals surface area contributed by atoms with E-state index in [0.29, 0.717) is 28.8 Å². The number of carbonyl (C=O) groups excluding carboxylic acids is 1. The highest BCUT2D eigenvalue weighted by Gasteiger charge is 2.42. The number of fused-ring (bicyclic) bond motifs is 2. The van der Waals surface area contributed by atoms with E-state index in [2.05, 4.69) is 0 Å². The van der Waals surface area contributed by atoms with Gasteiger partial charge in [0, 0.05) is 6.54 Å². The Bertz CT molecular complexity index is 1100. The van der Waals surface area contributed by atoms with Crippen LogP contribution in [-0.2, 0) is 0 Å². The Labute approximate surface area is 157 Å². The number of rotatable bonds is 4. The smallest absolute Gasteiger partial charge is 0.290 e. The first-order chi connectivity index (χ1) is 13.0. The Morgan fingerprint density at radius 3 is 2.70 bits per heavy atom. The van der Waals surface area contributed by atoms with E-state index < -0.39 is 6.04 Å². The molecule has 0 bridgehead atoms. The molecule has 5 nitrogen and oxygen atoms in total. The molecule has 0 saturated heterocycles. The normalized spacial score (nSPS) is 16.0. The van der Waals surface area contributed by atoms with Crippen LogP contribution in [0.25, 0.3) is 11.0 Å². The number of ether oxygens (including phenoxy) is 1. The fraction of sp³-hybridized carbons (Fsp3) is 0.273. The molecule has 2 aromatic carbocycles. The van der Waals surface area contributed by atoms with Gasteiger partial charge in [0.15, 0.2) is 5.43 Å². The average Bonchev–Trinajstić information content (AvgIpc) is 2.95. The maximum Gasteiger partial charge on any atom is 0.290 e. The zero-order chi connectivity index (χ0) is 19.1. The van der Waals surface area contributed by atoms with Gasteiger partial charge < -0.3 is 14.1 Å². The second-order valence-electron chi connectivity index (χ2n) is 6.85. The number of carbonyl (C=O) groups is 1. The molecule has 3 aromatic rings. The quantitative estimate of drug-likeness (QED) is 0.701. The van der Waals surface area contributed by atoms with E-state index in [1.54, 1.807) is 18.1 Å². The number of amides is 1. The summed E-state index contributed by atoms with van der Waals surface area (Å²) in [5, 5.41) is 0.507. The number of aryl methyl sites for hydroxylation is 1. The van der Waals surface area contributed by atoms with E-state index >= 15 is 0 Å². The number of methoxy groups -OCH3 is 1. The predicted molar refractivity (Wildman–Crippen MR) is 103 cm³/mol. The van der Waals surface area contributed by atoms with Crippen molar-refractivity contribution in [1.82, 2.24) is 4.90 Å². The molecule has 1 atom stereocenters. The van der Waals surface area contributed by atoms with Crippen LogP contribution in [0.3, 0.4) is 0 Å². The third-order valence-electron chi connectivity index (χ3n) is 5.00. The Kier molecular flexibility index (Phi) is 4.22. The first kappa shape index (κ1) is 17.3. The van der Waals surface area contributed by atoms with Gasteiger partial charge in [-0.25, -0.2) is 0 Å². The van der Waals surface area contributed by atoms with Crippen LogP contribution in [0, 0.1) is 6.92 Å².